The molecule has 0 radical (unpaired) electrons. The fourth-order valence-electron chi connectivity index (χ4n) is 2.98. The van der Waals surface area contributed by atoms with Crippen molar-refractivity contribution in [3.63, 3.8) is 0 Å². The lowest BCUT2D eigenvalue weighted by atomic mass is 9.92. The van der Waals surface area contributed by atoms with Gasteiger partial charge in [0.25, 0.3) is 0 Å². The molecule has 0 aromatic heterocycles. The van der Waals surface area contributed by atoms with Gasteiger partial charge in [0, 0.05) is 12.0 Å². The minimum atomic E-state index is -4.47. The number of alkyl halides is 3. The summed E-state index contributed by atoms with van der Waals surface area (Å²) in [6, 6.07) is 5.43. The standard InChI is InChI=1S/C18H25F3N2O2/c1-3-14(11-23-17(24)13-8-9-22-12(2)10-13)25-16-7-5-4-6-15(16)18(19,20)21/h4-7,12-14,22H,3,8-11H2,1-2H3,(H,23,24)/t12-,13-,14?/m0/s1. The van der Waals surface area contributed by atoms with E-state index in [0.717, 1.165) is 25.5 Å². The van der Waals surface area contributed by atoms with Gasteiger partial charge in [-0.3, -0.25) is 4.79 Å². The number of hydrogen-bond donors (Lipinski definition) is 2. The van der Waals surface area contributed by atoms with E-state index < -0.39 is 17.8 Å². The summed E-state index contributed by atoms with van der Waals surface area (Å²) in [5.41, 5.74) is -0.799. The van der Waals surface area contributed by atoms with E-state index in [1.165, 1.54) is 18.2 Å². The topological polar surface area (TPSA) is 50.4 Å². The van der Waals surface area contributed by atoms with Crippen LogP contribution in [0.2, 0.25) is 0 Å². The van der Waals surface area contributed by atoms with E-state index in [-0.39, 0.29) is 24.1 Å². The van der Waals surface area contributed by atoms with Crippen molar-refractivity contribution < 1.29 is 22.7 Å². The van der Waals surface area contributed by atoms with E-state index in [2.05, 4.69) is 10.6 Å². The van der Waals surface area contributed by atoms with Crippen LogP contribution in [0.3, 0.4) is 0 Å². The summed E-state index contributed by atoms with van der Waals surface area (Å²) in [4.78, 5) is 12.3. The molecule has 1 aromatic rings. The van der Waals surface area contributed by atoms with E-state index in [1.54, 1.807) is 0 Å². The number of ether oxygens (including phenoxy) is 1. The molecule has 25 heavy (non-hydrogen) atoms. The maximum absolute atomic E-state index is 13.0. The first-order valence-corrected chi connectivity index (χ1v) is 8.65. The van der Waals surface area contributed by atoms with Gasteiger partial charge in [0.2, 0.25) is 5.91 Å². The SMILES string of the molecule is CCC(CNC(=O)[C@H]1CCN[C@@H](C)C1)Oc1ccccc1C(F)(F)F. The summed E-state index contributed by atoms with van der Waals surface area (Å²) in [7, 11) is 0. The fourth-order valence-corrected chi connectivity index (χ4v) is 2.98. The molecule has 1 saturated heterocycles. The molecule has 1 aromatic carbocycles. The normalized spacial score (nSPS) is 22.3. The highest BCUT2D eigenvalue weighted by molar-refractivity contribution is 5.78. The minimum absolute atomic E-state index is 0.0560. The lowest BCUT2D eigenvalue weighted by Gasteiger charge is -2.28. The molecular formula is C18H25F3N2O2. The number of benzene rings is 1. The summed E-state index contributed by atoms with van der Waals surface area (Å²) in [5, 5.41) is 6.11. The fraction of sp³-hybridized carbons (Fsp3) is 0.611. The Bertz CT molecular complexity index is 578. The van der Waals surface area contributed by atoms with E-state index in [9.17, 15) is 18.0 Å². The maximum atomic E-state index is 13.0. The molecule has 2 N–H and O–H groups in total. The summed E-state index contributed by atoms with van der Waals surface area (Å²) in [6.45, 7) is 4.84. The molecule has 1 fully saturated rings. The number of piperidine rings is 1. The summed E-state index contributed by atoms with van der Waals surface area (Å²) in [5.74, 6) is -0.317. The second-order valence-corrected chi connectivity index (χ2v) is 6.46. The molecule has 140 valence electrons. The molecule has 0 saturated carbocycles. The van der Waals surface area contributed by atoms with Crippen LogP contribution in [0.5, 0.6) is 5.75 Å². The van der Waals surface area contributed by atoms with Crippen LogP contribution >= 0.6 is 0 Å². The van der Waals surface area contributed by atoms with Crippen LogP contribution in [0.1, 0.15) is 38.7 Å². The zero-order valence-electron chi connectivity index (χ0n) is 14.5. The number of carbonyl (C=O) groups is 1. The summed E-state index contributed by atoms with van der Waals surface area (Å²) >= 11 is 0. The van der Waals surface area contributed by atoms with Gasteiger partial charge >= 0.3 is 6.18 Å². The monoisotopic (exact) mass is 358 g/mol. The second-order valence-electron chi connectivity index (χ2n) is 6.46. The Kier molecular flexibility index (Phi) is 6.70. The molecule has 1 heterocycles. The van der Waals surface area contributed by atoms with E-state index in [1.807, 2.05) is 13.8 Å². The molecule has 0 spiro atoms. The van der Waals surface area contributed by atoms with Gasteiger partial charge in [-0.05, 0) is 44.9 Å². The van der Waals surface area contributed by atoms with E-state index in [0.29, 0.717) is 12.5 Å². The maximum Gasteiger partial charge on any atom is 0.419 e. The average Bonchev–Trinajstić information content (AvgIpc) is 2.57. The first-order chi connectivity index (χ1) is 11.8. The molecule has 1 aliphatic heterocycles. The van der Waals surface area contributed by atoms with Crippen molar-refractivity contribution in [1.29, 1.82) is 0 Å². The molecule has 4 nitrogen and oxygen atoms in total. The molecular weight excluding hydrogens is 333 g/mol. The van der Waals surface area contributed by atoms with E-state index >= 15 is 0 Å². The van der Waals surface area contributed by atoms with Gasteiger partial charge in [0.1, 0.15) is 11.9 Å². The van der Waals surface area contributed by atoms with Crippen molar-refractivity contribution in [3.8, 4) is 5.75 Å². The van der Waals surface area contributed by atoms with Crippen LogP contribution in [-0.4, -0.2) is 31.1 Å². The van der Waals surface area contributed by atoms with Crippen molar-refractivity contribution in [3.05, 3.63) is 29.8 Å². The summed E-state index contributed by atoms with van der Waals surface area (Å²) in [6.07, 6.45) is -2.95. The highest BCUT2D eigenvalue weighted by Gasteiger charge is 2.34. The Morgan fingerprint density at radius 3 is 2.76 bits per heavy atom. The van der Waals surface area contributed by atoms with Gasteiger partial charge < -0.3 is 15.4 Å². The Labute approximate surface area is 146 Å². The van der Waals surface area contributed by atoms with Crippen LogP contribution in [-0.2, 0) is 11.0 Å². The highest BCUT2D eigenvalue weighted by atomic mass is 19.4. The molecule has 3 atom stereocenters. The lowest BCUT2D eigenvalue weighted by Crippen LogP contribution is -2.44. The van der Waals surface area contributed by atoms with Crippen molar-refractivity contribution in [2.24, 2.45) is 5.92 Å². The Hall–Kier alpha value is -1.76. The van der Waals surface area contributed by atoms with Gasteiger partial charge in [0.05, 0.1) is 12.1 Å². The van der Waals surface area contributed by atoms with Gasteiger partial charge in [-0.25, -0.2) is 0 Å². The Morgan fingerprint density at radius 1 is 1.40 bits per heavy atom. The number of rotatable bonds is 6. The van der Waals surface area contributed by atoms with Crippen LogP contribution in [0.4, 0.5) is 13.2 Å². The number of nitrogens with one attached hydrogen (secondary N) is 2. The molecule has 0 aliphatic carbocycles. The number of halogens is 3. The molecule has 1 amide bonds. The molecule has 2 rings (SSSR count). The van der Waals surface area contributed by atoms with E-state index in [4.69, 9.17) is 4.74 Å². The highest BCUT2D eigenvalue weighted by Crippen LogP contribution is 2.36. The quantitative estimate of drug-likeness (QED) is 0.820. The van der Waals surface area contributed by atoms with Crippen molar-refractivity contribution >= 4 is 5.91 Å². The molecule has 0 bridgehead atoms. The van der Waals surface area contributed by atoms with Crippen molar-refractivity contribution in [2.75, 3.05) is 13.1 Å². The van der Waals surface area contributed by atoms with Crippen molar-refractivity contribution in [1.82, 2.24) is 10.6 Å². The second kappa shape index (κ2) is 8.56. The Morgan fingerprint density at radius 2 is 2.12 bits per heavy atom. The lowest BCUT2D eigenvalue weighted by molar-refractivity contribution is -0.139. The van der Waals surface area contributed by atoms with Crippen LogP contribution in [0.15, 0.2) is 24.3 Å². The minimum Gasteiger partial charge on any atom is -0.488 e. The van der Waals surface area contributed by atoms with Gasteiger partial charge in [-0.2, -0.15) is 13.2 Å². The largest absolute Gasteiger partial charge is 0.488 e. The van der Waals surface area contributed by atoms with Crippen LogP contribution in [0, 0.1) is 5.92 Å². The van der Waals surface area contributed by atoms with Crippen LogP contribution in [0.25, 0.3) is 0 Å². The molecule has 1 unspecified atom stereocenters. The number of hydrogen-bond acceptors (Lipinski definition) is 3. The average molecular weight is 358 g/mol. The number of amides is 1. The third-order valence-corrected chi connectivity index (χ3v) is 4.44. The van der Waals surface area contributed by atoms with Crippen LogP contribution < -0.4 is 15.4 Å². The third kappa shape index (κ3) is 5.63. The number of carbonyl (C=O) groups excluding carboxylic acids is 1. The molecule has 1 aliphatic rings. The number of para-hydroxylation sites is 1. The smallest absolute Gasteiger partial charge is 0.419 e. The molecule has 7 heteroatoms. The summed E-state index contributed by atoms with van der Waals surface area (Å²) < 4.78 is 44.7. The van der Waals surface area contributed by atoms with Gasteiger partial charge in [0.15, 0.2) is 0 Å². The zero-order valence-corrected chi connectivity index (χ0v) is 14.5. The third-order valence-electron chi connectivity index (χ3n) is 4.44. The Balaban J connectivity index is 1.94. The van der Waals surface area contributed by atoms with Gasteiger partial charge in [-0.15, -0.1) is 0 Å². The first kappa shape index (κ1) is 19.6. The van der Waals surface area contributed by atoms with Gasteiger partial charge in [-0.1, -0.05) is 19.1 Å². The first-order valence-electron chi connectivity index (χ1n) is 8.65. The van der Waals surface area contributed by atoms with Crippen molar-refractivity contribution in [2.45, 2.75) is 51.4 Å². The zero-order chi connectivity index (χ0) is 18.4. The predicted molar refractivity (Wildman–Crippen MR) is 89.3 cm³/mol. The predicted octanol–water partition coefficient (Wildman–Crippen LogP) is 3.37.